The fraction of sp³-hybridized carbons (Fsp3) is 0.179. The molecule has 0 aliphatic carbocycles. The van der Waals surface area contributed by atoms with Crippen LogP contribution in [0, 0.1) is 14.9 Å². The molecule has 0 unspecified atom stereocenters. The average molecular weight is 1690 g/mol. The lowest BCUT2D eigenvalue weighted by Gasteiger charge is -2.17. The molecule has 3 atom stereocenters. The van der Waals surface area contributed by atoms with Crippen molar-refractivity contribution in [2.45, 2.75) is 90.6 Å². The lowest BCUT2D eigenvalue weighted by molar-refractivity contribution is -0.147. The lowest BCUT2D eigenvalue weighted by Crippen LogP contribution is -2.42. The first-order valence-electron chi connectivity index (χ1n) is 30.4. The first kappa shape index (κ1) is 80.4. The second kappa shape index (κ2) is 30.1. The summed E-state index contributed by atoms with van der Waals surface area (Å²) in [6.07, 6.45) is -23.7. The Morgan fingerprint density at radius 3 is 1.06 bits per heavy atom. The zero-order chi connectivity index (χ0) is 79.2. The molecule has 108 heavy (non-hydrogen) atoms. The summed E-state index contributed by atoms with van der Waals surface area (Å²) in [5, 5.41) is 10.1. The molecule has 12 rings (SSSR count). The van der Waals surface area contributed by atoms with Gasteiger partial charge < -0.3 is 0 Å². The van der Waals surface area contributed by atoms with Gasteiger partial charge in [0.1, 0.15) is 55.8 Å². The minimum atomic E-state index is -4.82. The molecule has 19 nitrogen and oxygen atoms in total. The van der Waals surface area contributed by atoms with Crippen molar-refractivity contribution in [2.24, 2.45) is 0 Å². The zero-order valence-corrected chi connectivity index (χ0v) is 59.1. The molecule has 3 N–H and O–H groups in total. The summed E-state index contributed by atoms with van der Waals surface area (Å²) in [5.74, 6) is 0. The van der Waals surface area contributed by atoms with Gasteiger partial charge in [-0.3, -0.25) is 28.7 Å². The summed E-state index contributed by atoms with van der Waals surface area (Å²) in [6.45, 7) is 1.97. The molecule has 0 saturated heterocycles. The van der Waals surface area contributed by atoms with E-state index in [0.29, 0.717) is 65.2 Å². The highest BCUT2D eigenvalue weighted by molar-refractivity contribution is 14.1. The van der Waals surface area contributed by atoms with Gasteiger partial charge in [-0.1, -0.05) is 54.6 Å². The smallest absolute Gasteiger partial charge is 0.292 e. The van der Waals surface area contributed by atoms with Gasteiger partial charge >= 0.3 is 37.1 Å². The van der Waals surface area contributed by atoms with Crippen LogP contribution in [-0.2, 0) is 48.6 Å². The second-order valence-electron chi connectivity index (χ2n) is 23.2. The van der Waals surface area contributed by atoms with Crippen molar-refractivity contribution >= 4 is 85.8 Å². The molecule has 0 bridgehead atoms. The maximum absolute atomic E-state index is 13.3. The number of hydrogen-bond donors (Lipinski definition) is 3. The summed E-state index contributed by atoms with van der Waals surface area (Å²) >= 11 is 1.86. The minimum absolute atomic E-state index is 0.0184. The largest absolute Gasteiger partial charge is 0.417 e. The molecular weight excluding hydrogens is 1650 g/mol. The van der Waals surface area contributed by atoms with Crippen LogP contribution in [0.25, 0.3) is 84.3 Å². The number of halogens is 19. The van der Waals surface area contributed by atoms with E-state index in [9.17, 15) is 110 Å². The number of nitrogens with one attached hydrogen (secondary N) is 3. The maximum Gasteiger partial charge on any atom is 0.417 e. The van der Waals surface area contributed by atoms with E-state index in [1.165, 1.54) is 32.2 Å². The van der Waals surface area contributed by atoms with Crippen LogP contribution in [0.1, 0.15) is 43.0 Å². The highest BCUT2D eigenvalue weighted by Crippen LogP contribution is 2.42. The van der Waals surface area contributed by atoms with E-state index in [-0.39, 0.29) is 61.4 Å². The number of hydrogen-bond acceptors (Lipinski definition) is 13. The highest BCUT2D eigenvalue weighted by Gasteiger charge is 2.42. The van der Waals surface area contributed by atoms with Gasteiger partial charge in [-0.2, -0.15) is 98.5 Å². The molecule has 9 heterocycles. The first-order chi connectivity index (χ1) is 50.2. The zero-order valence-electron chi connectivity index (χ0n) is 54.5. The van der Waals surface area contributed by atoms with Gasteiger partial charge in [0.2, 0.25) is 30.1 Å². The van der Waals surface area contributed by atoms with E-state index < -0.39 is 117 Å². The average Bonchev–Trinajstić information content (AvgIpc) is 1.60. The Morgan fingerprint density at radius 2 is 0.713 bits per heavy atom. The van der Waals surface area contributed by atoms with Crippen LogP contribution in [0.3, 0.4) is 0 Å². The topological polar surface area (TPSA) is 254 Å². The van der Waals surface area contributed by atoms with E-state index in [4.69, 9.17) is 0 Å². The molecule has 0 aliphatic rings. The number of rotatable bonds is 15. The molecular formula is C67H46F18IN13O6S3. The number of aromatic nitrogens is 9. The van der Waals surface area contributed by atoms with Gasteiger partial charge in [0.25, 0.3) is 0 Å². The predicted molar refractivity (Wildman–Crippen MR) is 363 cm³/mol. The maximum atomic E-state index is 13.3. The molecule has 3 aromatic carbocycles. The molecule has 0 spiro atoms. The van der Waals surface area contributed by atoms with Crippen molar-refractivity contribution < 1.29 is 104 Å². The monoisotopic (exact) mass is 1690 g/mol. The van der Waals surface area contributed by atoms with E-state index >= 15 is 0 Å². The van der Waals surface area contributed by atoms with Gasteiger partial charge in [0.15, 0.2) is 0 Å². The molecule has 0 aliphatic heterocycles. The summed E-state index contributed by atoms with van der Waals surface area (Å²) < 4.78 is 319. The van der Waals surface area contributed by atoms with Crippen LogP contribution < -0.4 is 14.2 Å². The second-order valence-corrected chi connectivity index (χ2v) is 29.4. The molecule has 0 fully saturated rings. The number of fused-ring (bicyclic) bond motifs is 3. The van der Waals surface area contributed by atoms with E-state index in [1.54, 1.807) is 105 Å². The van der Waals surface area contributed by atoms with E-state index in [0.717, 1.165) is 67.3 Å². The molecule has 9 aromatic heterocycles. The summed E-state index contributed by atoms with van der Waals surface area (Å²) in [4.78, 5) is 22.6. The highest BCUT2D eigenvalue weighted by atomic mass is 127. The molecule has 0 radical (unpaired) electrons. The van der Waals surface area contributed by atoms with Gasteiger partial charge in [-0.05, 0) is 140 Å². The standard InChI is InChI=1S/C23H15F6N5O2S.C22H15F6IN4O2S.C22H16F6N4O2S/c1-13(22(24,25)26)33-37(35,36)16-7-8-19(31-12-16)20-18(10-30)17-9-14(23(27,28)29)11-32-21(17)34(20)15-5-3-2-4-6-15;1-12(21(23,24)25)32-36(34,35)15-7-8-17(30-11-15)19-18(29)16-9-13(22(26,27)28)10-31-20(16)33(19)14-5-3-2-4-6-14;1-13(21(23,24)25)31-35(33,34)17-7-8-18(29-12-17)19-10-14-9-15(22(26,27)28)11-30-20(14)32(19)16-5-3-2-4-6-16/h2-9,11-13,33H,1H3;2-12,32H,1H3;2-13,31H,1H3/t13-;12-;13-/m000/s1. The Labute approximate surface area is 612 Å². The van der Waals surface area contributed by atoms with Crippen LogP contribution >= 0.6 is 22.6 Å². The van der Waals surface area contributed by atoms with Gasteiger partial charge in [0.05, 0.1) is 60.0 Å². The van der Waals surface area contributed by atoms with Crippen LogP contribution in [0.2, 0.25) is 0 Å². The molecule has 41 heteroatoms. The Hall–Kier alpha value is -10.1. The summed E-state index contributed by atoms with van der Waals surface area (Å²) in [7, 11) is -13.7. The van der Waals surface area contributed by atoms with E-state index in [2.05, 4.69) is 29.9 Å². The summed E-state index contributed by atoms with van der Waals surface area (Å²) in [5.41, 5.74) is -0.182. The van der Waals surface area contributed by atoms with Crippen LogP contribution in [0.4, 0.5) is 79.0 Å². The van der Waals surface area contributed by atoms with Crippen LogP contribution in [-0.4, -0.2) is 106 Å². The summed E-state index contributed by atoms with van der Waals surface area (Å²) in [6, 6.07) is 31.2. The third-order valence-corrected chi connectivity index (χ3v) is 21.4. The number of benzene rings is 3. The Kier molecular flexibility index (Phi) is 22.4. The SMILES string of the molecule is C[C@H](NS(=O)(=O)c1ccc(-c2c(C#N)c3cc(C(F)(F)F)cnc3n2-c2ccccc2)nc1)C(F)(F)F.C[C@H](NS(=O)(=O)c1ccc(-c2c(I)c3cc(C(F)(F)F)cnc3n2-c2ccccc2)nc1)C(F)(F)F.C[C@H](NS(=O)(=O)c1ccc(-c2cc3cc(C(F)(F)F)cnc3n2-c2ccccc2)nc1)C(F)(F)F. The fourth-order valence-corrected chi connectivity index (χ4v) is 14.7. The van der Waals surface area contributed by atoms with Gasteiger partial charge in [-0.15, -0.1) is 0 Å². The number of alkyl halides is 18. The number of para-hydroxylation sites is 3. The number of nitriles is 1. The quantitative estimate of drug-likeness (QED) is 0.0638. The van der Waals surface area contributed by atoms with Crippen molar-refractivity contribution in [3.8, 4) is 57.3 Å². The van der Waals surface area contributed by atoms with Gasteiger partial charge in [-0.25, -0.2) is 40.2 Å². The Morgan fingerprint density at radius 1 is 0.389 bits per heavy atom. The number of nitrogens with zero attached hydrogens (tertiary/aromatic N) is 10. The minimum Gasteiger partial charge on any atom is -0.292 e. The van der Waals surface area contributed by atoms with Crippen molar-refractivity contribution in [1.82, 2.24) is 57.8 Å². The predicted octanol–water partition coefficient (Wildman–Crippen LogP) is 16.5. The molecule has 0 saturated carbocycles. The van der Waals surface area contributed by atoms with Crippen molar-refractivity contribution in [1.29, 1.82) is 5.26 Å². The van der Waals surface area contributed by atoms with Crippen molar-refractivity contribution in [3.63, 3.8) is 0 Å². The van der Waals surface area contributed by atoms with Gasteiger partial charge in [0, 0.05) is 70.4 Å². The normalized spacial score (nSPS) is 13.7. The number of sulfonamides is 3. The lowest BCUT2D eigenvalue weighted by atomic mass is 10.1. The third kappa shape index (κ3) is 17.5. The van der Waals surface area contributed by atoms with E-state index in [1.807, 2.05) is 28.7 Å². The van der Waals surface area contributed by atoms with Crippen LogP contribution in [0.5, 0.6) is 0 Å². The molecule has 12 aromatic rings. The van der Waals surface area contributed by atoms with Crippen molar-refractivity contribution in [2.75, 3.05) is 0 Å². The number of pyridine rings is 6. The molecule has 566 valence electrons. The fourth-order valence-electron chi connectivity index (χ4n) is 10.3. The Balaban J connectivity index is 0.000000173. The molecule has 0 amide bonds. The first-order valence-corrected chi connectivity index (χ1v) is 35.9. The third-order valence-electron chi connectivity index (χ3n) is 15.7. The van der Waals surface area contributed by atoms with Crippen molar-refractivity contribution in [3.05, 3.63) is 215 Å². The van der Waals surface area contributed by atoms with Crippen LogP contribution in [0.15, 0.2) is 204 Å². The Bertz CT molecular complexity index is 5710.